The summed E-state index contributed by atoms with van der Waals surface area (Å²) in [6, 6.07) is 8.73. The minimum Gasteiger partial charge on any atom is -0.378 e. The Balaban J connectivity index is 2.22. The highest BCUT2D eigenvalue weighted by atomic mass is 16.2. The Labute approximate surface area is 110 Å². The third kappa shape index (κ3) is 3.01. The van der Waals surface area contributed by atoms with Crippen molar-refractivity contribution in [2.75, 3.05) is 24.3 Å². The van der Waals surface area contributed by atoms with Gasteiger partial charge >= 0.3 is 0 Å². The van der Waals surface area contributed by atoms with Crippen LogP contribution in [0.2, 0.25) is 0 Å². The smallest absolute Gasteiger partial charge is 0.261 e. The van der Waals surface area contributed by atoms with Gasteiger partial charge in [-0.05, 0) is 18.2 Å². The molecule has 1 amide bonds. The molecule has 1 aromatic carbocycles. The number of rotatable bonds is 3. The molecule has 0 saturated heterocycles. The van der Waals surface area contributed by atoms with Crippen LogP contribution in [0.4, 0.5) is 11.4 Å². The van der Waals surface area contributed by atoms with E-state index in [4.69, 9.17) is 0 Å². The Kier molecular flexibility index (Phi) is 3.66. The molecule has 0 fully saturated rings. The van der Waals surface area contributed by atoms with Crippen LogP contribution in [0.15, 0.2) is 47.5 Å². The second-order valence-electron chi connectivity index (χ2n) is 4.32. The van der Waals surface area contributed by atoms with Crippen molar-refractivity contribution in [1.82, 2.24) is 4.98 Å². The minimum atomic E-state index is -0.419. The average Bonchev–Trinajstić information content (AvgIpc) is 2.39. The first kappa shape index (κ1) is 12.9. The van der Waals surface area contributed by atoms with Crippen molar-refractivity contribution in [3.63, 3.8) is 0 Å². The summed E-state index contributed by atoms with van der Waals surface area (Å²) in [5.74, 6) is -0.419. The van der Waals surface area contributed by atoms with Gasteiger partial charge in [-0.15, -0.1) is 0 Å². The lowest BCUT2D eigenvalue weighted by atomic mass is 10.2. The van der Waals surface area contributed by atoms with Crippen molar-refractivity contribution >= 4 is 17.3 Å². The van der Waals surface area contributed by atoms with E-state index < -0.39 is 5.91 Å². The number of aromatic amines is 1. The summed E-state index contributed by atoms with van der Waals surface area (Å²) >= 11 is 0. The van der Waals surface area contributed by atoms with Crippen LogP contribution in [-0.2, 0) is 0 Å². The lowest BCUT2D eigenvalue weighted by Crippen LogP contribution is -2.21. The molecule has 1 heterocycles. The number of aromatic nitrogens is 1. The van der Waals surface area contributed by atoms with Crippen LogP contribution < -0.4 is 15.6 Å². The molecule has 0 aliphatic rings. The first-order valence-electron chi connectivity index (χ1n) is 5.84. The van der Waals surface area contributed by atoms with Gasteiger partial charge in [0.2, 0.25) is 0 Å². The number of pyridine rings is 1. The highest BCUT2D eigenvalue weighted by Crippen LogP contribution is 2.17. The van der Waals surface area contributed by atoms with Gasteiger partial charge in [-0.25, -0.2) is 0 Å². The lowest BCUT2D eigenvalue weighted by Gasteiger charge is -2.13. The Morgan fingerprint density at radius 2 is 2.05 bits per heavy atom. The third-order valence-corrected chi connectivity index (χ3v) is 2.69. The maximum atomic E-state index is 12.0. The fraction of sp³-hybridized carbons (Fsp3) is 0.143. The van der Waals surface area contributed by atoms with E-state index in [0.29, 0.717) is 5.69 Å². The maximum absolute atomic E-state index is 12.0. The predicted octanol–water partition coefficient (Wildman–Crippen LogP) is 1.69. The van der Waals surface area contributed by atoms with Crippen LogP contribution >= 0.6 is 0 Å². The molecular formula is C14H15N3O2. The van der Waals surface area contributed by atoms with E-state index in [1.807, 2.05) is 37.2 Å². The topological polar surface area (TPSA) is 65.2 Å². The highest BCUT2D eigenvalue weighted by molar-refractivity contribution is 6.04. The number of anilines is 2. The van der Waals surface area contributed by atoms with Gasteiger partial charge < -0.3 is 15.2 Å². The molecule has 2 rings (SSSR count). The van der Waals surface area contributed by atoms with Crippen molar-refractivity contribution in [3.8, 4) is 0 Å². The molecule has 19 heavy (non-hydrogen) atoms. The molecule has 5 nitrogen and oxygen atoms in total. The second-order valence-corrected chi connectivity index (χ2v) is 4.32. The number of benzene rings is 1. The van der Waals surface area contributed by atoms with Gasteiger partial charge in [0.1, 0.15) is 5.56 Å². The number of H-pyrrole nitrogens is 1. The highest BCUT2D eigenvalue weighted by Gasteiger charge is 2.09. The van der Waals surface area contributed by atoms with E-state index in [2.05, 4.69) is 10.3 Å². The zero-order valence-corrected chi connectivity index (χ0v) is 10.8. The Hall–Kier alpha value is -2.56. The van der Waals surface area contributed by atoms with Gasteiger partial charge in [-0.2, -0.15) is 0 Å². The summed E-state index contributed by atoms with van der Waals surface area (Å²) in [6.45, 7) is 0. The Morgan fingerprint density at radius 1 is 1.26 bits per heavy atom. The summed E-state index contributed by atoms with van der Waals surface area (Å²) in [5, 5.41) is 2.71. The number of hydrogen-bond acceptors (Lipinski definition) is 3. The number of amides is 1. The van der Waals surface area contributed by atoms with Crippen LogP contribution in [0.1, 0.15) is 10.4 Å². The molecule has 2 N–H and O–H groups in total. The van der Waals surface area contributed by atoms with E-state index in [1.165, 1.54) is 18.5 Å². The summed E-state index contributed by atoms with van der Waals surface area (Å²) in [4.78, 5) is 28.2. The van der Waals surface area contributed by atoms with Crippen molar-refractivity contribution in [2.24, 2.45) is 0 Å². The first-order chi connectivity index (χ1) is 9.08. The van der Waals surface area contributed by atoms with Gasteiger partial charge in [0.25, 0.3) is 5.91 Å². The summed E-state index contributed by atoms with van der Waals surface area (Å²) in [6.07, 6.45) is 2.89. The maximum Gasteiger partial charge on any atom is 0.261 e. The standard InChI is InChI=1S/C14H15N3O2/c1-17(2)11-5-3-4-10(8-11)16-14(19)12-9-15-7-6-13(12)18/h3-9H,1-2H3,(H,15,18)(H,16,19). The Bertz CT molecular complexity index is 647. The molecule has 5 heteroatoms. The Morgan fingerprint density at radius 3 is 2.74 bits per heavy atom. The molecule has 0 bridgehead atoms. The summed E-state index contributed by atoms with van der Waals surface area (Å²) < 4.78 is 0. The normalized spacial score (nSPS) is 10.0. The second kappa shape index (κ2) is 5.39. The van der Waals surface area contributed by atoms with E-state index in [-0.39, 0.29) is 11.0 Å². The number of hydrogen-bond donors (Lipinski definition) is 2. The molecule has 0 spiro atoms. The van der Waals surface area contributed by atoms with Crippen molar-refractivity contribution in [1.29, 1.82) is 0 Å². The minimum absolute atomic E-state index is 0.0951. The average molecular weight is 257 g/mol. The van der Waals surface area contributed by atoms with Crippen LogP contribution in [-0.4, -0.2) is 25.0 Å². The zero-order valence-electron chi connectivity index (χ0n) is 10.8. The summed E-state index contributed by atoms with van der Waals surface area (Å²) in [5.41, 5.74) is 1.41. The molecule has 2 aromatic rings. The molecule has 0 aliphatic heterocycles. The molecule has 98 valence electrons. The summed E-state index contributed by atoms with van der Waals surface area (Å²) in [7, 11) is 3.84. The van der Waals surface area contributed by atoms with Crippen LogP contribution in [0.3, 0.4) is 0 Å². The van der Waals surface area contributed by atoms with E-state index in [0.717, 1.165) is 5.69 Å². The predicted molar refractivity (Wildman–Crippen MR) is 75.8 cm³/mol. The van der Waals surface area contributed by atoms with Gasteiger partial charge in [-0.3, -0.25) is 9.59 Å². The van der Waals surface area contributed by atoms with E-state index in [1.54, 1.807) is 6.07 Å². The van der Waals surface area contributed by atoms with Crippen LogP contribution in [0, 0.1) is 0 Å². The number of nitrogens with zero attached hydrogens (tertiary/aromatic N) is 1. The fourth-order valence-corrected chi connectivity index (χ4v) is 1.65. The number of carbonyl (C=O) groups excluding carboxylic acids is 1. The number of nitrogens with one attached hydrogen (secondary N) is 2. The van der Waals surface area contributed by atoms with Crippen LogP contribution in [0.5, 0.6) is 0 Å². The van der Waals surface area contributed by atoms with Crippen molar-refractivity contribution in [2.45, 2.75) is 0 Å². The lowest BCUT2D eigenvalue weighted by molar-refractivity contribution is 0.102. The van der Waals surface area contributed by atoms with Gasteiger partial charge in [0.15, 0.2) is 5.43 Å². The third-order valence-electron chi connectivity index (χ3n) is 2.69. The molecule has 0 atom stereocenters. The number of carbonyl (C=O) groups is 1. The molecule has 0 saturated carbocycles. The molecule has 0 radical (unpaired) electrons. The van der Waals surface area contributed by atoms with Gasteiger partial charge in [0, 0.05) is 43.9 Å². The fourth-order valence-electron chi connectivity index (χ4n) is 1.65. The van der Waals surface area contributed by atoms with Crippen molar-refractivity contribution in [3.05, 3.63) is 58.5 Å². The molecule has 1 aromatic heterocycles. The van der Waals surface area contributed by atoms with Crippen LogP contribution in [0.25, 0.3) is 0 Å². The largest absolute Gasteiger partial charge is 0.378 e. The quantitative estimate of drug-likeness (QED) is 0.879. The first-order valence-corrected chi connectivity index (χ1v) is 5.84. The van der Waals surface area contributed by atoms with Gasteiger partial charge in [0.05, 0.1) is 0 Å². The van der Waals surface area contributed by atoms with Gasteiger partial charge in [-0.1, -0.05) is 6.07 Å². The van der Waals surface area contributed by atoms with E-state index >= 15 is 0 Å². The molecule has 0 aliphatic carbocycles. The zero-order chi connectivity index (χ0) is 13.8. The monoisotopic (exact) mass is 257 g/mol. The van der Waals surface area contributed by atoms with Crippen molar-refractivity contribution < 1.29 is 4.79 Å². The SMILES string of the molecule is CN(C)c1cccc(NC(=O)c2c[nH]ccc2=O)c1. The molecular weight excluding hydrogens is 242 g/mol. The van der Waals surface area contributed by atoms with E-state index in [9.17, 15) is 9.59 Å². The molecule has 0 unspecified atom stereocenters.